The van der Waals surface area contributed by atoms with Crippen LogP contribution in [0.4, 0.5) is 0 Å². The van der Waals surface area contributed by atoms with Gasteiger partial charge in [0.1, 0.15) is 17.5 Å². The van der Waals surface area contributed by atoms with Crippen molar-refractivity contribution < 1.29 is 22.8 Å². The number of nitrogens with one attached hydrogen (secondary N) is 1. The summed E-state index contributed by atoms with van der Waals surface area (Å²) >= 11 is 0. The molecule has 0 spiro atoms. The maximum atomic E-state index is 13.3. The number of hydrogen-bond acceptors (Lipinski definition) is 5. The second-order valence-corrected chi connectivity index (χ2v) is 9.97. The number of nitrogens with zero attached hydrogens (tertiary/aromatic N) is 2. The van der Waals surface area contributed by atoms with E-state index in [1.807, 2.05) is 38.1 Å². The molecule has 33 heavy (non-hydrogen) atoms. The van der Waals surface area contributed by atoms with Gasteiger partial charge in [0.2, 0.25) is 11.8 Å². The van der Waals surface area contributed by atoms with Crippen molar-refractivity contribution in [3.8, 4) is 0 Å². The lowest BCUT2D eigenvalue weighted by Gasteiger charge is -2.30. The summed E-state index contributed by atoms with van der Waals surface area (Å²) in [5, 5.41) is 2.82. The van der Waals surface area contributed by atoms with E-state index in [4.69, 9.17) is 0 Å². The summed E-state index contributed by atoms with van der Waals surface area (Å²) in [6, 6.07) is 12.5. The number of rotatable bonds is 9. The summed E-state index contributed by atoms with van der Waals surface area (Å²) in [4.78, 5) is 40.0. The minimum Gasteiger partial charge on any atom is -0.354 e. The van der Waals surface area contributed by atoms with Gasteiger partial charge in [-0.05, 0) is 38.0 Å². The first-order chi connectivity index (χ1) is 15.7. The average Bonchev–Trinajstić information content (AvgIpc) is 2.98. The zero-order chi connectivity index (χ0) is 24.2. The first-order valence-electron chi connectivity index (χ1n) is 11.0. The topological polar surface area (TPSA) is 104 Å². The molecule has 1 atom stereocenters. The normalized spacial score (nSPS) is 15.1. The molecule has 0 aliphatic carbocycles. The van der Waals surface area contributed by atoms with Gasteiger partial charge in [-0.1, -0.05) is 55.3 Å². The van der Waals surface area contributed by atoms with Gasteiger partial charge in [0.25, 0.3) is 15.9 Å². The Morgan fingerprint density at radius 3 is 2.52 bits per heavy atom. The van der Waals surface area contributed by atoms with Gasteiger partial charge in [0.15, 0.2) is 0 Å². The molecule has 3 amide bonds. The van der Waals surface area contributed by atoms with E-state index < -0.39 is 34.4 Å². The van der Waals surface area contributed by atoms with Gasteiger partial charge in [-0.15, -0.1) is 0 Å². The predicted octanol–water partition coefficient (Wildman–Crippen LogP) is 2.47. The van der Waals surface area contributed by atoms with Crippen LogP contribution in [0.2, 0.25) is 0 Å². The summed E-state index contributed by atoms with van der Waals surface area (Å²) in [5.41, 5.74) is 1.84. The number of carbonyl (C=O) groups is 3. The molecule has 1 N–H and O–H groups in total. The number of sulfonamides is 1. The minimum atomic E-state index is -4.13. The summed E-state index contributed by atoms with van der Waals surface area (Å²) in [6.45, 7) is 5.45. The molecule has 2 aromatic rings. The van der Waals surface area contributed by atoms with Gasteiger partial charge in [-0.2, -0.15) is 0 Å². The number of carbonyl (C=O) groups excluding carboxylic acids is 3. The molecule has 0 saturated heterocycles. The van der Waals surface area contributed by atoms with Gasteiger partial charge in [0, 0.05) is 13.1 Å². The molecule has 1 heterocycles. The molecule has 176 valence electrons. The van der Waals surface area contributed by atoms with Gasteiger partial charge in [0.05, 0.1) is 5.56 Å². The van der Waals surface area contributed by atoms with Crippen molar-refractivity contribution in [3.05, 3.63) is 65.2 Å². The van der Waals surface area contributed by atoms with E-state index in [0.717, 1.165) is 24.0 Å². The molecule has 0 radical (unpaired) electrons. The highest BCUT2D eigenvalue weighted by molar-refractivity contribution is 7.90. The molecule has 0 aromatic heterocycles. The van der Waals surface area contributed by atoms with E-state index in [0.29, 0.717) is 10.8 Å². The lowest BCUT2D eigenvalue weighted by atomic mass is 10.1. The predicted molar refractivity (Wildman–Crippen MR) is 124 cm³/mol. The molecule has 0 saturated carbocycles. The lowest BCUT2D eigenvalue weighted by Crippen LogP contribution is -2.51. The molecule has 1 aliphatic rings. The Bertz CT molecular complexity index is 1160. The molecule has 8 nitrogen and oxygen atoms in total. The zero-order valence-corrected chi connectivity index (χ0v) is 19.9. The molecule has 1 unspecified atom stereocenters. The number of amides is 3. The number of aryl methyl sites for hydroxylation is 1. The van der Waals surface area contributed by atoms with Crippen LogP contribution in [-0.2, 0) is 26.2 Å². The third kappa shape index (κ3) is 5.24. The fourth-order valence-electron chi connectivity index (χ4n) is 3.73. The lowest BCUT2D eigenvalue weighted by molar-refractivity contribution is -0.140. The van der Waals surface area contributed by atoms with Crippen molar-refractivity contribution in [1.29, 1.82) is 0 Å². The van der Waals surface area contributed by atoms with Crippen LogP contribution in [0.25, 0.3) is 0 Å². The van der Waals surface area contributed by atoms with Crippen molar-refractivity contribution in [3.63, 3.8) is 0 Å². The molecule has 3 rings (SSSR count). The number of fused-ring (bicyclic) bond motifs is 1. The van der Waals surface area contributed by atoms with Crippen molar-refractivity contribution in [2.45, 2.75) is 51.1 Å². The molecular weight excluding hydrogens is 442 g/mol. The third-order valence-corrected chi connectivity index (χ3v) is 7.41. The Labute approximate surface area is 194 Å². The van der Waals surface area contributed by atoms with Crippen LogP contribution in [0.5, 0.6) is 0 Å². The largest absolute Gasteiger partial charge is 0.354 e. The third-order valence-electron chi connectivity index (χ3n) is 5.62. The highest BCUT2D eigenvalue weighted by Gasteiger charge is 2.43. The standard InChI is InChI=1S/C24H29N3O5S/c1-4-5-13-25-23(29)18(3)26(15-19-10-8-9-17(2)14-19)22(28)16-27-24(30)20-11-6-7-12-21(20)33(27,31)32/h6-12,14,18H,4-5,13,15-16H2,1-3H3,(H,25,29). The van der Waals surface area contributed by atoms with Crippen LogP contribution in [0.15, 0.2) is 53.4 Å². The van der Waals surface area contributed by atoms with E-state index in [-0.39, 0.29) is 22.9 Å². The summed E-state index contributed by atoms with van der Waals surface area (Å²) in [6.07, 6.45) is 1.72. The highest BCUT2D eigenvalue weighted by Crippen LogP contribution is 2.30. The minimum absolute atomic E-state index is 0.0425. The van der Waals surface area contributed by atoms with Crippen molar-refractivity contribution in [2.24, 2.45) is 0 Å². The van der Waals surface area contributed by atoms with E-state index >= 15 is 0 Å². The number of hydrogen-bond donors (Lipinski definition) is 1. The highest BCUT2D eigenvalue weighted by atomic mass is 32.2. The van der Waals surface area contributed by atoms with Crippen LogP contribution in [0.1, 0.15) is 48.2 Å². The van der Waals surface area contributed by atoms with Crippen LogP contribution in [0, 0.1) is 6.92 Å². The fraction of sp³-hybridized carbons (Fsp3) is 0.375. The van der Waals surface area contributed by atoms with E-state index in [2.05, 4.69) is 5.32 Å². The Kier molecular flexibility index (Phi) is 7.53. The first kappa shape index (κ1) is 24.4. The smallest absolute Gasteiger partial charge is 0.269 e. The Balaban J connectivity index is 1.86. The van der Waals surface area contributed by atoms with Gasteiger partial charge in [-0.25, -0.2) is 12.7 Å². The average molecular weight is 472 g/mol. The second kappa shape index (κ2) is 10.2. The number of benzene rings is 2. The molecule has 0 bridgehead atoms. The van der Waals surface area contributed by atoms with E-state index in [1.54, 1.807) is 13.0 Å². The maximum Gasteiger partial charge on any atom is 0.269 e. The SMILES string of the molecule is CCCCNC(=O)C(C)N(Cc1cccc(C)c1)C(=O)CN1C(=O)c2ccccc2S1(=O)=O. The molecule has 0 fully saturated rings. The van der Waals surface area contributed by atoms with Crippen molar-refractivity contribution in [1.82, 2.24) is 14.5 Å². The van der Waals surface area contributed by atoms with Gasteiger partial charge in [-0.3, -0.25) is 14.4 Å². The van der Waals surface area contributed by atoms with Crippen molar-refractivity contribution >= 4 is 27.7 Å². The summed E-state index contributed by atoms with van der Waals surface area (Å²) < 4.78 is 26.4. The monoisotopic (exact) mass is 471 g/mol. The summed E-state index contributed by atoms with van der Waals surface area (Å²) in [7, 11) is -4.13. The fourth-order valence-corrected chi connectivity index (χ4v) is 5.25. The van der Waals surface area contributed by atoms with Crippen LogP contribution < -0.4 is 5.32 Å². The quantitative estimate of drug-likeness (QED) is 0.566. The first-order valence-corrected chi connectivity index (χ1v) is 12.4. The molecular formula is C24H29N3O5S. The van der Waals surface area contributed by atoms with E-state index in [1.165, 1.54) is 23.1 Å². The second-order valence-electron chi connectivity index (χ2n) is 8.14. The molecule has 9 heteroatoms. The molecule has 2 aromatic carbocycles. The van der Waals surface area contributed by atoms with Gasteiger partial charge >= 0.3 is 0 Å². The molecule has 1 aliphatic heterocycles. The Hall–Kier alpha value is -3.20. The zero-order valence-electron chi connectivity index (χ0n) is 19.1. The van der Waals surface area contributed by atoms with Crippen LogP contribution in [-0.4, -0.2) is 54.5 Å². The summed E-state index contributed by atoms with van der Waals surface area (Å²) in [5.74, 6) is -1.70. The number of unbranched alkanes of at least 4 members (excludes halogenated alkanes) is 1. The Morgan fingerprint density at radius 2 is 1.85 bits per heavy atom. The van der Waals surface area contributed by atoms with E-state index in [9.17, 15) is 22.8 Å². The Morgan fingerprint density at radius 1 is 1.12 bits per heavy atom. The van der Waals surface area contributed by atoms with Crippen LogP contribution >= 0.6 is 0 Å². The maximum absolute atomic E-state index is 13.3. The van der Waals surface area contributed by atoms with Gasteiger partial charge < -0.3 is 10.2 Å². The van der Waals surface area contributed by atoms with Crippen LogP contribution in [0.3, 0.4) is 0 Å². The van der Waals surface area contributed by atoms with Crippen molar-refractivity contribution in [2.75, 3.05) is 13.1 Å².